The zero-order valence-electron chi connectivity index (χ0n) is 13.9. The molecular weight excluding hydrogens is 326 g/mol. The van der Waals surface area contributed by atoms with Crippen molar-refractivity contribution in [2.24, 2.45) is 11.3 Å². The molecule has 2 fully saturated rings. The molecule has 1 aliphatic carbocycles. The average molecular weight is 349 g/mol. The second kappa shape index (κ2) is 7.05. The van der Waals surface area contributed by atoms with Crippen LogP contribution in [-0.4, -0.2) is 47.8 Å². The summed E-state index contributed by atoms with van der Waals surface area (Å²) in [4.78, 5) is 27.0. The Bertz CT molecular complexity index is 618. The third kappa shape index (κ3) is 3.24. The lowest BCUT2D eigenvalue weighted by Crippen LogP contribution is -2.37. The van der Waals surface area contributed by atoms with Crippen LogP contribution in [0.2, 0.25) is 0 Å². The molecule has 130 valence electrons. The van der Waals surface area contributed by atoms with E-state index in [1.807, 2.05) is 24.3 Å². The van der Waals surface area contributed by atoms with Gasteiger partial charge >= 0.3 is 5.97 Å². The van der Waals surface area contributed by atoms with Crippen molar-refractivity contribution in [1.82, 2.24) is 4.90 Å². The maximum Gasteiger partial charge on any atom is 0.311 e. The van der Waals surface area contributed by atoms with Gasteiger partial charge in [-0.05, 0) is 43.0 Å². The van der Waals surface area contributed by atoms with Gasteiger partial charge in [0.2, 0.25) is 5.91 Å². The summed E-state index contributed by atoms with van der Waals surface area (Å²) in [5.74, 6) is 0.997. The fourth-order valence-electron chi connectivity index (χ4n) is 3.92. The predicted octanol–water partition coefficient (Wildman–Crippen LogP) is 2.89. The molecule has 24 heavy (non-hydrogen) atoms. The number of hydrogen-bond donors (Lipinski definition) is 1. The van der Waals surface area contributed by atoms with E-state index in [1.54, 1.807) is 23.8 Å². The molecule has 1 aromatic carbocycles. The van der Waals surface area contributed by atoms with E-state index in [4.69, 9.17) is 4.74 Å². The van der Waals surface area contributed by atoms with Crippen LogP contribution in [0.3, 0.4) is 0 Å². The minimum Gasteiger partial charge on any atom is -0.497 e. The monoisotopic (exact) mass is 349 g/mol. The Hall–Kier alpha value is -1.69. The molecule has 1 amide bonds. The molecule has 2 aliphatic rings. The standard InChI is InChI=1S/C18H23NO4S/c1-23-14-4-6-15(7-5-14)24-10-8-16(20)19-11-13-3-2-9-18(13,12-19)17(21)22/h4-7,13H,2-3,8-12H2,1H3,(H,21,22)/t13-,18+/m0/s1. The molecule has 1 heterocycles. The Labute approximate surface area is 146 Å². The molecule has 1 saturated carbocycles. The van der Waals surface area contributed by atoms with Crippen LogP contribution in [0.4, 0.5) is 0 Å². The van der Waals surface area contributed by atoms with Crippen LogP contribution in [-0.2, 0) is 9.59 Å². The number of thioether (sulfide) groups is 1. The van der Waals surface area contributed by atoms with Crippen molar-refractivity contribution >= 4 is 23.6 Å². The molecule has 0 unspecified atom stereocenters. The number of carbonyl (C=O) groups excluding carboxylic acids is 1. The lowest BCUT2D eigenvalue weighted by atomic mass is 9.81. The van der Waals surface area contributed by atoms with Gasteiger partial charge in [0.1, 0.15) is 5.75 Å². The van der Waals surface area contributed by atoms with Gasteiger partial charge in [-0.2, -0.15) is 0 Å². The van der Waals surface area contributed by atoms with Crippen molar-refractivity contribution in [3.8, 4) is 5.75 Å². The Balaban J connectivity index is 1.50. The molecule has 6 heteroatoms. The summed E-state index contributed by atoms with van der Waals surface area (Å²) in [6.45, 7) is 0.997. The van der Waals surface area contributed by atoms with E-state index in [1.165, 1.54) is 0 Å². The minimum atomic E-state index is -0.729. The van der Waals surface area contributed by atoms with Gasteiger partial charge in [-0.3, -0.25) is 9.59 Å². The first kappa shape index (κ1) is 17.1. The fraction of sp³-hybridized carbons (Fsp3) is 0.556. The minimum absolute atomic E-state index is 0.0750. The van der Waals surface area contributed by atoms with Gasteiger partial charge in [-0.15, -0.1) is 11.8 Å². The van der Waals surface area contributed by atoms with Crippen LogP contribution in [0.15, 0.2) is 29.2 Å². The smallest absolute Gasteiger partial charge is 0.311 e. The Kier molecular flexibility index (Phi) is 5.04. The number of likely N-dealkylation sites (tertiary alicyclic amines) is 1. The average Bonchev–Trinajstić information content (AvgIpc) is 3.13. The number of aliphatic carboxylic acids is 1. The molecule has 1 saturated heterocycles. The van der Waals surface area contributed by atoms with E-state index in [0.717, 1.165) is 23.5 Å². The zero-order chi connectivity index (χ0) is 17.2. The van der Waals surface area contributed by atoms with Crippen molar-refractivity contribution in [2.45, 2.75) is 30.6 Å². The largest absolute Gasteiger partial charge is 0.497 e. The molecule has 5 nitrogen and oxygen atoms in total. The number of hydrogen-bond acceptors (Lipinski definition) is 4. The molecular formula is C18H23NO4S. The van der Waals surface area contributed by atoms with E-state index in [0.29, 0.717) is 31.7 Å². The van der Waals surface area contributed by atoms with Gasteiger partial charge in [0.25, 0.3) is 0 Å². The van der Waals surface area contributed by atoms with Crippen LogP contribution in [0, 0.1) is 11.3 Å². The first-order valence-electron chi connectivity index (χ1n) is 8.33. The quantitative estimate of drug-likeness (QED) is 0.800. The maximum atomic E-state index is 12.4. The van der Waals surface area contributed by atoms with Crippen LogP contribution in [0.5, 0.6) is 5.75 Å². The Morgan fingerprint density at radius 1 is 1.38 bits per heavy atom. The topological polar surface area (TPSA) is 66.8 Å². The number of carbonyl (C=O) groups is 2. The molecule has 3 rings (SSSR count). The van der Waals surface area contributed by atoms with E-state index in [9.17, 15) is 14.7 Å². The zero-order valence-corrected chi connectivity index (χ0v) is 14.7. The van der Waals surface area contributed by atoms with Crippen LogP contribution in [0.1, 0.15) is 25.7 Å². The first-order valence-corrected chi connectivity index (χ1v) is 9.32. The first-order chi connectivity index (χ1) is 11.5. The van der Waals surface area contributed by atoms with Gasteiger partial charge in [-0.25, -0.2) is 0 Å². The number of nitrogens with zero attached hydrogens (tertiary/aromatic N) is 1. The summed E-state index contributed by atoms with van der Waals surface area (Å²) in [7, 11) is 1.64. The van der Waals surface area contributed by atoms with Crippen molar-refractivity contribution in [3.05, 3.63) is 24.3 Å². The lowest BCUT2D eigenvalue weighted by Gasteiger charge is -2.23. The highest BCUT2D eigenvalue weighted by Crippen LogP contribution is 2.49. The van der Waals surface area contributed by atoms with Gasteiger partial charge in [0, 0.05) is 30.2 Å². The second-order valence-electron chi connectivity index (χ2n) is 6.60. The second-order valence-corrected chi connectivity index (χ2v) is 7.77. The number of benzene rings is 1. The van der Waals surface area contributed by atoms with Crippen LogP contribution >= 0.6 is 11.8 Å². The molecule has 1 aliphatic heterocycles. The summed E-state index contributed by atoms with van der Waals surface area (Å²) in [6.07, 6.45) is 3.04. The normalized spacial score (nSPS) is 25.5. The SMILES string of the molecule is COc1ccc(SCCC(=O)N2C[C@@H]3CCC[C@@]3(C(=O)O)C2)cc1. The van der Waals surface area contributed by atoms with E-state index in [2.05, 4.69) is 0 Å². The number of methoxy groups -OCH3 is 1. The molecule has 0 radical (unpaired) electrons. The molecule has 0 aromatic heterocycles. The van der Waals surface area contributed by atoms with Gasteiger partial charge in [0.05, 0.1) is 12.5 Å². The predicted molar refractivity (Wildman–Crippen MR) is 92.3 cm³/mol. The van der Waals surface area contributed by atoms with Crippen molar-refractivity contribution < 1.29 is 19.4 Å². The van der Waals surface area contributed by atoms with Gasteiger partial charge < -0.3 is 14.7 Å². The van der Waals surface area contributed by atoms with Crippen molar-refractivity contribution in [2.75, 3.05) is 26.0 Å². The summed E-state index contributed by atoms with van der Waals surface area (Å²) >= 11 is 1.63. The molecule has 2 atom stereocenters. The summed E-state index contributed by atoms with van der Waals surface area (Å²) < 4.78 is 5.13. The fourth-order valence-corrected chi connectivity index (χ4v) is 4.76. The number of fused-ring (bicyclic) bond motifs is 1. The van der Waals surface area contributed by atoms with Crippen molar-refractivity contribution in [1.29, 1.82) is 0 Å². The number of amides is 1. The molecule has 1 N–H and O–H groups in total. The highest BCUT2D eigenvalue weighted by molar-refractivity contribution is 7.99. The molecule has 0 spiro atoms. The van der Waals surface area contributed by atoms with Gasteiger partial charge in [-0.1, -0.05) is 6.42 Å². The highest BCUT2D eigenvalue weighted by atomic mass is 32.2. The Morgan fingerprint density at radius 2 is 2.12 bits per heavy atom. The van der Waals surface area contributed by atoms with Gasteiger partial charge in [0.15, 0.2) is 0 Å². The summed E-state index contributed by atoms with van der Waals surface area (Å²) in [6, 6.07) is 7.77. The number of carboxylic acids is 1. The molecule has 0 bridgehead atoms. The van der Waals surface area contributed by atoms with E-state index >= 15 is 0 Å². The Morgan fingerprint density at radius 3 is 2.75 bits per heavy atom. The third-order valence-corrected chi connectivity index (χ3v) is 6.31. The van der Waals surface area contributed by atoms with Crippen LogP contribution < -0.4 is 4.74 Å². The van der Waals surface area contributed by atoms with Crippen molar-refractivity contribution in [3.63, 3.8) is 0 Å². The van der Waals surface area contributed by atoms with E-state index < -0.39 is 11.4 Å². The number of rotatable bonds is 6. The maximum absolute atomic E-state index is 12.4. The van der Waals surface area contributed by atoms with E-state index in [-0.39, 0.29) is 11.8 Å². The summed E-state index contributed by atoms with van der Waals surface area (Å²) in [5, 5.41) is 9.59. The number of ether oxygens (including phenoxy) is 1. The summed E-state index contributed by atoms with van der Waals surface area (Å²) in [5.41, 5.74) is -0.682. The highest BCUT2D eigenvalue weighted by Gasteiger charge is 2.55. The third-order valence-electron chi connectivity index (χ3n) is 5.29. The number of carboxylic acid groups (broad SMARTS) is 1. The lowest BCUT2D eigenvalue weighted by molar-refractivity contribution is -0.149. The van der Waals surface area contributed by atoms with Crippen LogP contribution in [0.25, 0.3) is 0 Å². The molecule has 1 aromatic rings.